The fourth-order valence-corrected chi connectivity index (χ4v) is 2.81. The SMILES string of the molecule is CN1CCCN(CC(=O)O)CCN(C)CCCN(COC=O)CC1. The minimum atomic E-state index is -0.766. The molecule has 0 unspecified atom stereocenters. The molecule has 1 N–H and O–H groups in total. The predicted octanol–water partition coefficient (Wildman–Crippen LogP) is -0.537. The fraction of sp³-hybridized carbons (Fsp3) is 0.875. The average Bonchev–Trinajstić information content (AvgIpc) is 2.53. The molecule has 0 aromatic heterocycles. The van der Waals surface area contributed by atoms with Crippen LogP contribution in [0.4, 0.5) is 0 Å². The number of rotatable bonds is 5. The molecule has 1 heterocycles. The summed E-state index contributed by atoms with van der Waals surface area (Å²) in [6, 6.07) is 0. The van der Waals surface area contributed by atoms with Gasteiger partial charge in [-0.15, -0.1) is 0 Å². The van der Waals surface area contributed by atoms with Gasteiger partial charge >= 0.3 is 5.97 Å². The van der Waals surface area contributed by atoms with Crippen molar-refractivity contribution in [2.75, 3.05) is 79.7 Å². The second-order valence-electron chi connectivity index (χ2n) is 6.49. The molecule has 140 valence electrons. The van der Waals surface area contributed by atoms with Gasteiger partial charge in [0.15, 0.2) is 0 Å². The highest BCUT2D eigenvalue weighted by Crippen LogP contribution is 2.00. The van der Waals surface area contributed by atoms with Crippen LogP contribution in [0.2, 0.25) is 0 Å². The third-order valence-corrected chi connectivity index (χ3v) is 4.31. The molecule has 24 heavy (non-hydrogen) atoms. The zero-order valence-corrected chi connectivity index (χ0v) is 15.0. The lowest BCUT2D eigenvalue weighted by molar-refractivity contribution is -0.138. The lowest BCUT2D eigenvalue weighted by Gasteiger charge is -2.28. The lowest BCUT2D eigenvalue weighted by atomic mass is 10.3. The molecule has 0 aromatic rings. The van der Waals surface area contributed by atoms with Crippen molar-refractivity contribution in [3.05, 3.63) is 0 Å². The number of carbonyl (C=O) groups excluding carboxylic acids is 1. The van der Waals surface area contributed by atoms with Crippen molar-refractivity contribution >= 4 is 12.4 Å². The average molecular weight is 344 g/mol. The number of ether oxygens (including phenoxy) is 1. The molecular formula is C16H32N4O4. The van der Waals surface area contributed by atoms with E-state index in [1.807, 2.05) is 4.90 Å². The molecule has 8 nitrogen and oxygen atoms in total. The molecule has 1 aliphatic heterocycles. The maximum absolute atomic E-state index is 11.0. The molecule has 0 radical (unpaired) electrons. The number of carbonyl (C=O) groups is 2. The van der Waals surface area contributed by atoms with Gasteiger partial charge in [-0.3, -0.25) is 19.4 Å². The summed E-state index contributed by atoms with van der Waals surface area (Å²) in [6.07, 6.45) is 1.93. The largest absolute Gasteiger partial charge is 0.480 e. The van der Waals surface area contributed by atoms with E-state index in [1.165, 1.54) is 0 Å². The first-order valence-electron chi connectivity index (χ1n) is 8.60. The third kappa shape index (κ3) is 9.82. The number of hydrogen-bond donors (Lipinski definition) is 1. The summed E-state index contributed by atoms with van der Waals surface area (Å²) in [6.45, 7) is 7.86. The Kier molecular flexibility index (Phi) is 10.6. The third-order valence-electron chi connectivity index (χ3n) is 4.31. The predicted molar refractivity (Wildman–Crippen MR) is 91.9 cm³/mol. The molecule has 0 aromatic carbocycles. The van der Waals surface area contributed by atoms with E-state index in [-0.39, 0.29) is 6.54 Å². The molecule has 0 saturated carbocycles. The summed E-state index contributed by atoms with van der Waals surface area (Å²) < 4.78 is 4.91. The van der Waals surface area contributed by atoms with Crippen LogP contribution in [0.5, 0.6) is 0 Å². The molecule has 0 bridgehead atoms. The molecule has 8 heteroatoms. The first kappa shape index (κ1) is 20.8. The Balaban J connectivity index is 2.55. The van der Waals surface area contributed by atoms with E-state index >= 15 is 0 Å². The Bertz CT molecular complexity index is 370. The quantitative estimate of drug-likeness (QED) is 0.667. The standard InChI is InChI=1S/C16H32N4O4/c1-17-6-4-8-20(14-24-15-21)12-10-18(2)5-3-7-19(11-9-17)13-16(22)23/h15H,3-14H2,1-2H3,(H,22,23). The van der Waals surface area contributed by atoms with Gasteiger partial charge in [0.2, 0.25) is 0 Å². The van der Waals surface area contributed by atoms with Crippen molar-refractivity contribution in [2.45, 2.75) is 12.8 Å². The first-order chi connectivity index (χ1) is 11.5. The Hall–Kier alpha value is -1.22. The fourth-order valence-electron chi connectivity index (χ4n) is 2.81. The zero-order chi connectivity index (χ0) is 17.8. The van der Waals surface area contributed by atoms with Gasteiger partial charge in [-0.25, -0.2) is 0 Å². The monoisotopic (exact) mass is 344 g/mol. The second-order valence-corrected chi connectivity index (χ2v) is 6.49. The molecule has 0 spiro atoms. The minimum absolute atomic E-state index is 0.106. The van der Waals surface area contributed by atoms with Crippen LogP contribution in [0, 0.1) is 0 Å². The van der Waals surface area contributed by atoms with E-state index in [0.29, 0.717) is 13.2 Å². The van der Waals surface area contributed by atoms with Gasteiger partial charge in [0.1, 0.15) is 6.73 Å². The summed E-state index contributed by atoms with van der Waals surface area (Å²) in [7, 11) is 4.13. The van der Waals surface area contributed by atoms with Gasteiger partial charge in [-0.2, -0.15) is 0 Å². The normalized spacial score (nSPS) is 21.9. The van der Waals surface area contributed by atoms with Gasteiger partial charge in [-0.1, -0.05) is 0 Å². The van der Waals surface area contributed by atoms with Crippen LogP contribution in [0.3, 0.4) is 0 Å². The van der Waals surface area contributed by atoms with Crippen molar-refractivity contribution in [3.8, 4) is 0 Å². The summed E-state index contributed by atoms with van der Waals surface area (Å²) in [5, 5.41) is 9.05. The molecule has 1 fully saturated rings. The molecule has 0 atom stereocenters. The minimum Gasteiger partial charge on any atom is -0.480 e. The van der Waals surface area contributed by atoms with Crippen molar-refractivity contribution in [1.82, 2.24) is 19.6 Å². The molecule has 0 amide bonds. The topological polar surface area (TPSA) is 76.6 Å². The number of aliphatic carboxylic acids is 1. The number of carboxylic acid groups (broad SMARTS) is 1. The molecular weight excluding hydrogens is 312 g/mol. The summed E-state index contributed by atoms with van der Waals surface area (Å²) in [4.78, 5) is 30.1. The molecule has 1 rings (SSSR count). The Morgan fingerprint density at radius 2 is 1.46 bits per heavy atom. The first-order valence-corrected chi connectivity index (χ1v) is 8.60. The highest BCUT2D eigenvalue weighted by molar-refractivity contribution is 5.69. The Morgan fingerprint density at radius 3 is 2.00 bits per heavy atom. The number of hydrogen-bond acceptors (Lipinski definition) is 7. The summed E-state index contributed by atoms with van der Waals surface area (Å²) in [5.41, 5.74) is 0. The maximum atomic E-state index is 11.0. The Morgan fingerprint density at radius 1 is 0.917 bits per heavy atom. The van der Waals surface area contributed by atoms with E-state index in [2.05, 4.69) is 28.8 Å². The number of carboxylic acids is 1. The van der Waals surface area contributed by atoms with Crippen molar-refractivity contribution < 1.29 is 19.4 Å². The van der Waals surface area contributed by atoms with Crippen LogP contribution in [0.15, 0.2) is 0 Å². The van der Waals surface area contributed by atoms with Gasteiger partial charge in [0, 0.05) is 39.3 Å². The van der Waals surface area contributed by atoms with Gasteiger partial charge in [-0.05, 0) is 40.0 Å². The van der Waals surface area contributed by atoms with E-state index in [4.69, 9.17) is 9.84 Å². The van der Waals surface area contributed by atoms with Crippen LogP contribution >= 0.6 is 0 Å². The lowest BCUT2D eigenvalue weighted by Crippen LogP contribution is -2.41. The van der Waals surface area contributed by atoms with E-state index in [9.17, 15) is 9.59 Å². The van der Waals surface area contributed by atoms with Crippen LogP contribution in [0.25, 0.3) is 0 Å². The van der Waals surface area contributed by atoms with Gasteiger partial charge < -0.3 is 19.6 Å². The summed E-state index contributed by atoms with van der Waals surface area (Å²) >= 11 is 0. The van der Waals surface area contributed by atoms with Crippen molar-refractivity contribution in [3.63, 3.8) is 0 Å². The van der Waals surface area contributed by atoms with E-state index in [1.54, 1.807) is 0 Å². The van der Waals surface area contributed by atoms with Crippen molar-refractivity contribution in [2.24, 2.45) is 0 Å². The van der Waals surface area contributed by atoms with Crippen LogP contribution in [-0.2, 0) is 14.3 Å². The van der Waals surface area contributed by atoms with Crippen LogP contribution < -0.4 is 0 Å². The molecule has 1 saturated heterocycles. The zero-order valence-electron chi connectivity index (χ0n) is 15.0. The molecule has 1 aliphatic rings. The maximum Gasteiger partial charge on any atom is 0.317 e. The highest BCUT2D eigenvalue weighted by Gasteiger charge is 2.13. The van der Waals surface area contributed by atoms with Crippen LogP contribution in [-0.4, -0.2) is 117 Å². The second kappa shape index (κ2) is 12.2. The van der Waals surface area contributed by atoms with E-state index in [0.717, 1.165) is 65.2 Å². The van der Waals surface area contributed by atoms with Gasteiger partial charge in [0.05, 0.1) is 6.54 Å². The van der Waals surface area contributed by atoms with E-state index < -0.39 is 5.97 Å². The summed E-state index contributed by atoms with van der Waals surface area (Å²) in [5.74, 6) is -0.766. The number of likely N-dealkylation sites (N-methyl/N-ethyl adjacent to an activating group) is 2. The van der Waals surface area contributed by atoms with Crippen molar-refractivity contribution in [1.29, 1.82) is 0 Å². The Labute approximate surface area is 144 Å². The van der Waals surface area contributed by atoms with Crippen LogP contribution in [0.1, 0.15) is 12.8 Å². The smallest absolute Gasteiger partial charge is 0.317 e. The molecule has 0 aliphatic carbocycles. The highest BCUT2D eigenvalue weighted by atomic mass is 16.5. The number of nitrogens with zero attached hydrogens (tertiary/aromatic N) is 4. The van der Waals surface area contributed by atoms with Gasteiger partial charge in [0.25, 0.3) is 6.47 Å².